The van der Waals surface area contributed by atoms with Crippen LogP contribution in [0.3, 0.4) is 0 Å². The summed E-state index contributed by atoms with van der Waals surface area (Å²) in [6.07, 6.45) is 16.0. The van der Waals surface area contributed by atoms with Gasteiger partial charge in [0.05, 0.1) is 10.6 Å². The summed E-state index contributed by atoms with van der Waals surface area (Å²) in [6, 6.07) is 36.7. The Bertz CT molecular complexity index is 2180. The van der Waals surface area contributed by atoms with Crippen LogP contribution in [-0.4, -0.2) is 0 Å². The molecule has 0 atom stereocenters. The van der Waals surface area contributed by atoms with E-state index in [1.807, 2.05) is 0 Å². The van der Waals surface area contributed by atoms with Gasteiger partial charge in [-0.2, -0.15) is 0 Å². The number of hydrogen-bond donors (Lipinski definition) is 0. The quantitative estimate of drug-likeness (QED) is 0.0482. The zero-order valence-electron chi connectivity index (χ0n) is 45.1. The van der Waals surface area contributed by atoms with E-state index >= 15 is 0 Å². The van der Waals surface area contributed by atoms with Crippen molar-refractivity contribution in [2.45, 2.75) is 186 Å². The summed E-state index contributed by atoms with van der Waals surface area (Å²) in [5, 5.41) is 2.10. The van der Waals surface area contributed by atoms with Crippen molar-refractivity contribution >= 4 is 27.4 Å². The van der Waals surface area contributed by atoms with Gasteiger partial charge in [-0.25, -0.2) is 0 Å². The van der Waals surface area contributed by atoms with Crippen molar-refractivity contribution in [1.82, 2.24) is 0 Å². The molecule has 6 aromatic carbocycles. The van der Waals surface area contributed by atoms with Crippen LogP contribution in [0.5, 0.6) is 23.0 Å². The number of benzene rings is 6. The lowest BCUT2D eigenvalue weighted by Crippen LogP contribution is -2.14. The highest BCUT2D eigenvalue weighted by Crippen LogP contribution is 2.48. The Balaban J connectivity index is 1.40. The highest BCUT2D eigenvalue weighted by atomic mass is 31.2. The van der Waals surface area contributed by atoms with Crippen molar-refractivity contribution in [3.8, 4) is 34.1 Å². The first-order valence-electron chi connectivity index (χ1n) is 27.2. The lowest BCUT2D eigenvalue weighted by Gasteiger charge is -2.26. The van der Waals surface area contributed by atoms with E-state index in [4.69, 9.17) is 18.1 Å². The van der Waals surface area contributed by atoms with Gasteiger partial charge in [-0.3, -0.25) is 0 Å². The van der Waals surface area contributed by atoms with Crippen LogP contribution in [0.25, 0.3) is 11.1 Å². The van der Waals surface area contributed by atoms with E-state index in [9.17, 15) is 0 Å². The lowest BCUT2D eigenvalue weighted by molar-refractivity contribution is 0.487. The van der Waals surface area contributed by atoms with Crippen LogP contribution < -0.4 is 28.7 Å². The Morgan fingerprint density at radius 2 is 0.457 bits per heavy atom. The predicted octanol–water partition coefficient (Wildman–Crippen LogP) is 17.9. The molecule has 6 rings (SSSR count). The fourth-order valence-electron chi connectivity index (χ4n) is 9.74. The molecular weight excluding hydrogens is 895 g/mol. The molecule has 0 aliphatic carbocycles. The largest absolute Gasteiger partial charge is 0.435 e. The monoisotopic (exact) mass is 979 g/mol. The molecule has 0 N–H and O–H groups in total. The van der Waals surface area contributed by atoms with Crippen molar-refractivity contribution in [3.63, 3.8) is 0 Å². The van der Waals surface area contributed by atoms with E-state index in [2.05, 4.69) is 180 Å². The van der Waals surface area contributed by atoms with Crippen molar-refractivity contribution in [2.75, 3.05) is 0 Å². The van der Waals surface area contributed by atoms with Crippen molar-refractivity contribution < 1.29 is 18.1 Å². The molecule has 70 heavy (non-hydrogen) atoms. The van der Waals surface area contributed by atoms with Crippen molar-refractivity contribution in [1.29, 1.82) is 0 Å². The second-order valence-corrected chi connectivity index (χ2v) is 21.6. The molecule has 6 aromatic rings. The van der Waals surface area contributed by atoms with Gasteiger partial charge in [0, 0.05) is 0 Å². The van der Waals surface area contributed by atoms with Crippen molar-refractivity contribution in [2.24, 2.45) is 0 Å². The van der Waals surface area contributed by atoms with E-state index in [1.54, 1.807) is 0 Å². The molecule has 0 aromatic heterocycles. The molecule has 0 aliphatic rings. The summed E-state index contributed by atoms with van der Waals surface area (Å²) in [6.45, 7) is 26.9. The minimum Gasteiger partial charge on any atom is -0.435 e. The highest BCUT2D eigenvalue weighted by Gasteiger charge is 2.27. The summed E-state index contributed by atoms with van der Waals surface area (Å²) >= 11 is 0. The smallest absolute Gasteiger partial charge is 0.326 e. The molecule has 0 unspecified atom stereocenters. The third-order valence-electron chi connectivity index (χ3n) is 13.6. The molecule has 0 radical (unpaired) electrons. The molecule has 0 saturated carbocycles. The fraction of sp³-hybridized carbons (Fsp3) is 0.438. The molecule has 0 spiro atoms. The lowest BCUT2D eigenvalue weighted by atomic mass is 9.98. The zero-order chi connectivity index (χ0) is 50.2. The van der Waals surface area contributed by atoms with E-state index in [0.29, 0.717) is 0 Å². The predicted molar refractivity (Wildman–Crippen MR) is 304 cm³/mol. The fourth-order valence-corrected chi connectivity index (χ4v) is 12.6. The standard InChI is InChI=1S/C64H84O4P2/c1-13-25-45-37-49(17-5)61(50(18-6)38-45)65-69(66-62-51(19-7)39-46(26-14-2)40-52(62)20-8)59-33-29-57(30-34-59)58-31-35-60(36-32-58)70(67-63-53(21-9)41-47(27-15-3)42-54(63)22-10)68-64-55(23-11)43-48(28-16-4)44-56(64)24-12/h29-44H,13-28H2,1-12H3. The van der Waals surface area contributed by atoms with Crippen molar-refractivity contribution in [3.05, 3.63) is 164 Å². The number of rotatable bonds is 27. The van der Waals surface area contributed by atoms with E-state index < -0.39 is 16.8 Å². The highest BCUT2D eigenvalue weighted by molar-refractivity contribution is 7.57. The second kappa shape index (κ2) is 27.3. The van der Waals surface area contributed by atoms with Crippen LogP contribution in [0.1, 0.15) is 176 Å². The molecule has 6 heteroatoms. The minimum absolute atomic E-state index is 0.901. The first-order valence-corrected chi connectivity index (χ1v) is 29.6. The zero-order valence-corrected chi connectivity index (χ0v) is 46.9. The first-order chi connectivity index (χ1) is 34.1. The van der Waals surface area contributed by atoms with Crippen LogP contribution in [0, 0.1) is 0 Å². The van der Waals surface area contributed by atoms with Gasteiger partial charge in [0.1, 0.15) is 23.0 Å². The first kappa shape index (κ1) is 54.7. The molecule has 0 fully saturated rings. The van der Waals surface area contributed by atoms with E-state index in [0.717, 1.165) is 147 Å². The number of hydrogen-bond acceptors (Lipinski definition) is 4. The average Bonchev–Trinajstić information content (AvgIpc) is 3.39. The molecular formula is C64H84O4P2. The van der Waals surface area contributed by atoms with Gasteiger partial charge in [-0.05, 0) is 179 Å². The average molecular weight is 979 g/mol. The van der Waals surface area contributed by atoms with Crippen LogP contribution in [0.15, 0.2) is 97.1 Å². The van der Waals surface area contributed by atoms with Gasteiger partial charge in [-0.15, -0.1) is 0 Å². The van der Waals surface area contributed by atoms with E-state index in [-0.39, 0.29) is 0 Å². The van der Waals surface area contributed by atoms with Crippen LogP contribution in [0.2, 0.25) is 0 Å². The van der Waals surface area contributed by atoms with E-state index in [1.165, 1.54) is 66.8 Å². The normalized spacial score (nSPS) is 11.5. The molecule has 0 heterocycles. The van der Waals surface area contributed by atoms with Crippen LogP contribution in [0.4, 0.5) is 0 Å². The third kappa shape index (κ3) is 13.5. The van der Waals surface area contributed by atoms with Gasteiger partial charge in [0.2, 0.25) is 0 Å². The maximum absolute atomic E-state index is 7.26. The second-order valence-electron chi connectivity index (χ2n) is 18.8. The Morgan fingerprint density at radius 3 is 0.614 bits per heavy atom. The Hall–Kier alpha value is -4.62. The maximum atomic E-state index is 7.26. The summed E-state index contributed by atoms with van der Waals surface area (Å²) in [4.78, 5) is 0. The summed E-state index contributed by atoms with van der Waals surface area (Å²) in [7, 11) is -3.06. The van der Waals surface area contributed by atoms with Gasteiger partial charge < -0.3 is 18.1 Å². The maximum Gasteiger partial charge on any atom is 0.326 e. The summed E-state index contributed by atoms with van der Waals surface area (Å²) in [5.41, 5.74) is 17.8. The summed E-state index contributed by atoms with van der Waals surface area (Å²) in [5.74, 6) is 3.94. The minimum atomic E-state index is -1.53. The summed E-state index contributed by atoms with van der Waals surface area (Å²) < 4.78 is 29.1. The Labute approximate surface area is 427 Å². The SMILES string of the molecule is CCCc1cc(CC)c(OP(Oc2c(CC)cc(CCC)cc2CC)c2ccc(-c3ccc(P(Oc4c(CC)cc(CCC)cc4CC)Oc4c(CC)cc(CCC)cc4CC)cc3)cc2)c(CC)c1. The molecule has 0 aliphatic heterocycles. The molecule has 4 nitrogen and oxygen atoms in total. The topological polar surface area (TPSA) is 36.9 Å². The third-order valence-corrected chi connectivity index (χ3v) is 16.4. The molecule has 0 saturated heterocycles. The van der Waals surface area contributed by atoms with Gasteiger partial charge in [0.25, 0.3) is 0 Å². The van der Waals surface area contributed by atoms with Gasteiger partial charge in [0.15, 0.2) is 0 Å². The van der Waals surface area contributed by atoms with Crippen LogP contribution in [-0.2, 0) is 77.0 Å². The molecule has 0 bridgehead atoms. The Kier molecular flexibility index (Phi) is 21.3. The molecule has 0 amide bonds. The number of aryl methyl sites for hydroxylation is 12. The Morgan fingerprint density at radius 1 is 0.271 bits per heavy atom. The van der Waals surface area contributed by atoms with Gasteiger partial charge >= 0.3 is 16.8 Å². The molecule has 374 valence electrons. The van der Waals surface area contributed by atoms with Gasteiger partial charge in [-0.1, -0.05) is 182 Å². The van der Waals surface area contributed by atoms with Crippen LogP contribution >= 0.6 is 16.8 Å².